The smallest absolute Gasteiger partial charge is 0.303 e. The molecule has 1 aromatic rings. The molecule has 2 heterocycles. The van der Waals surface area contributed by atoms with E-state index in [0.29, 0.717) is 22.4 Å². The standard InChI is InChI=1S/C18H24ClFN4O2.2ClH/c19-15-8-12(9-16(20)18(25)23-26)10-21-17(15)22-13-4-3-7-24(11-13)14-5-1-2-6-14;;/h8-10,13-14,26H,1-7,11H2,(H,21,22)(H,23,25);2*1H/b16-9-;;/t13-;;/m1../s1. The Kier molecular flexibility index (Phi) is 10.5. The molecule has 1 aliphatic heterocycles. The van der Waals surface area contributed by atoms with Crippen molar-refractivity contribution in [3.8, 4) is 0 Å². The van der Waals surface area contributed by atoms with Crippen LogP contribution < -0.4 is 10.8 Å². The van der Waals surface area contributed by atoms with E-state index in [-0.39, 0.29) is 30.9 Å². The topological polar surface area (TPSA) is 77.5 Å². The fourth-order valence-corrected chi connectivity index (χ4v) is 4.05. The number of likely N-dealkylation sites (tertiary alicyclic amines) is 1. The highest BCUT2D eigenvalue weighted by Crippen LogP contribution is 2.28. The average Bonchev–Trinajstić information content (AvgIpc) is 3.18. The highest BCUT2D eigenvalue weighted by atomic mass is 35.5. The zero-order valence-electron chi connectivity index (χ0n) is 15.4. The fourth-order valence-electron chi connectivity index (χ4n) is 3.82. The van der Waals surface area contributed by atoms with Gasteiger partial charge in [0.2, 0.25) is 0 Å². The molecule has 0 bridgehead atoms. The van der Waals surface area contributed by atoms with Crippen LogP contribution in [0.25, 0.3) is 6.08 Å². The quantitative estimate of drug-likeness (QED) is 0.352. The van der Waals surface area contributed by atoms with Gasteiger partial charge >= 0.3 is 5.91 Å². The van der Waals surface area contributed by atoms with Gasteiger partial charge in [-0.25, -0.2) is 14.9 Å². The molecule has 158 valence electrons. The minimum atomic E-state index is -1.21. The van der Waals surface area contributed by atoms with E-state index in [0.717, 1.165) is 32.0 Å². The second-order valence-corrected chi connectivity index (χ2v) is 7.36. The molecule has 28 heavy (non-hydrogen) atoms. The van der Waals surface area contributed by atoms with Crippen molar-refractivity contribution in [2.45, 2.75) is 50.6 Å². The number of amides is 1. The van der Waals surface area contributed by atoms with E-state index in [9.17, 15) is 9.18 Å². The number of nitrogens with zero attached hydrogens (tertiary/aromatic N) is 2. The maximum atomic E-state index is 13.5. The summed E-state index contributed by atoms with van der Waals surface area (Å²) in [6.07, 6.45) is 9.85. The lowest BCUT2D eigenvalue weighted by molar-refractivity contribution is -0.126. The van der Waals surface area contributed by atoms with E-state index in [2.05, 4.69) is 15.2 Å². The van der Waals surface area contributed by atoms with Gasteiger partial charge in [0.15, 0.2) is 5.83 Å². The Bertz CT molecular complexity index is 687. The molecule has 0 spiro atoms. The van der Waals surface area contributed by atoms with Gasteiger partial charge in [0.25, 0.3) is 0 Å². The van der Waals surface area contributed by atoms with E-state index in [1.165, 1.54) is 37.4 Å². The van der Waals surface area contributed by atoms with Crippen LogP contribution in [0.4, 0.5) is 10.2 Å². The van der Waals surface area contributed by atoms with Crippen LogP contribution >= 0.6 is 36.4 Å². The summed E-state index contributed by atoms with van der Waals surface area (Å²) in [6.45, 7) is 2.13. The first-order chi connectivity index (χ1) is 12.6. The lowest BCUT2D eigenvalue weighted by Gasteiger charge is -2.37. The zero-order valence-corrected chi connectivity index (χ0v) is 17.8. The summed E-state index contributed by atoms with van der Waals surface area (Å²) < 4.78 is 13.5. The summed E-state index contributed by atoms with van der Waals surface area (Å²) in [6, 6.07) is 2.53. The van der Waals surface area contributed by atoms with E-state index >= 15 is 0 Å². The SMILES string of the molecule is Cl.Cl.O=C(NO)/C(F)=C/c1cnc(N[C@@H]2CCCN(C3CCCC3)C2)c(Cl)c1. The van der Waals surface area contributed by atoms with Gasteiger partial charge in [-0.15, -0.1) is 24.8 Å². The monoisotopic (exact) mass is 454 g/mol. The highest BCUT2D eigenvalue weighted by molar-refractivity contribution is 6.33. The Labute approximate surface area is 181 Å². The van der Waals surface area contributed by atoms with Crippen molar-refractivity contribution in [3.05, 3.63) is 28.7 Å². The van der Waals surface area contributed by atoms with Crippen molar-refractivity contribution in [2.75, 3.05) is 18.4 Å². The van der Waals surface area contributed by atoms with E-state index in [1.54, 1.807) is 6.07 Å². The average molecular weight is 456 g/mol. The first kappa shape index (κ1) is 24.9. The van der Waals surface area contributed by atoms with Gasteiger partial charge in [0.05, 0.1) is 5.02 Å². The van der Waals surface area contributed by atoms with Gasteiger partial charge in [0.1, 0.15) is 5.82 Å². The molecule has 6 nitrogen and oxygen atoms in total. The molecule has 1 saturated carbocycles. The van der Waals surface area contributed by atoms with Crippen molar-refractivity contribution >= 4 is 54.2 Å². The summed E-state index contributed by atoms with van der Waals surface area (Å²) in [5.41, 5.74) is 1.58. The maximum Gasteiger partial charge on any atom is 0.303 e. The lowest BCUT2D eigenvalue weighted by Crippen LogP contribution is -2.46. The molecule has 1 aliphatic carbocycles. The van der Waals surface area contributed by atoms with Crippen LogP contribution in [0.3, 0.4) is 0 Å². The van der Waals surface area contributed by atoms with Crippen molar-refractivity contribution in [3.63, 3.8) is 0 Å². The summed E-state index contributed by atoms with van der Waals surface area (Å²) in [5.74, 6) is -1.77. The number of rotatable bonds is 5. The van der Waals surface area contributed by atoms with Gasteiger partial charge in [-0.1, -0.05) is 24.4 Å². The van der Waals surface area contributed by atoms with Gasteiger partial charge in [-0.3, -0.25) is 14.9 Å². The molecular weight excluding hydrogens is 430 g/mol. The molecule has 1 aromatic heterocycles. The Morgan fingerprint density at radius 2 is 2.00 bits per heavy atom. The molecule has 1 atom stereocenters. The van der Waals surface area contributed by atoms with Crippen molar-refractivity contribution < 1.29 is 14.4 Å². The normalized spacial score (nSPS) is 20.8. The molecule has 1 saturated heterocycles. The first-order valence-corrected chi connectivity index (χ1v) is 9.42. The molecule has 1 amide bonds. The van der Waals surface area contributed by atoms with Crippen LogP contribution in [0, 0.1) is 0 Å². The number of hydroxylamine groups is 1. The number of carbonyl (C=O) groups is 1. The number of carbonyl (C=O) groups excluding carboxylic acids is 1. The largest absolute Gasteiger partial charge is 0.365 e. The molecule has 0 unspecified atom stereocenters. The van der Waals surface area contributed by atoms with Crippen LogP contribution in [0.15, 0.2) is 18.1 Å². The molecular formula is C18H26Cl3FN4O2. The summed E-state index contributed by atoms with van der Waals surface area (Å²) in [4.78, 5) is 17.8. The molecule has 0 radical (unpaired) electrons. The van der Waals surface area contributed by atoms with Crippen LogP contribution in [-0.2, 0) is 4.79 Å². The number of nitrogens with one attached hydrogen (secondary N) is 2. The number of piperidine rings is 1. The lowest BCUT2D eigenvalue weighted by atomic mass is 10.0. The van der Waals surface area contributed by atoms with E-state index in [1.807, 2.05) is 0 Å². The second kappa shape index (κ2) is 11.8. The van der Waals surface area contributed by atoms with Crippen LogP contribution in [0.1, 0.15) is 44.1 Å². The van der Waals surface area contributed by atoms with Gasteiger partial charge in [-0.05, 0) is 49.9 Å². The molecule has 10 heteroatoms. The predicted octanol–water partition coefficient (Wildman–Crippen LogP) is 4.21. The highest BCUT2D eigenvalue weighted by Gasteiger charge is 2.28. The third-order valence-electron chi connectivity index (χ3n) is 5.11. The molecule has 3 rings (SSSR count). The molecule has 0 aromatic carbocycles. The first-order valence-electron chi connectivity index (χ1n) is 9.04. The van der Waals surface area contributed by atoms with Crippen molar-refractivity contribution in [1.82, 2.24) is 15.4 Å². The zero-order chi connectivity index (χ0) is 18.5. The molecule has 2 fully saturated rings. The summed E-state index contributed by atoms with van der Waals surface area (Å²) >= 11 is 6.27. The maximum absolute atomic E-state index is 13.5. The van der Waals surface area contributed by atoms with Crippen LogP contribution in [0.5, 0.6) is 0 Å². The van der Waals surface area contributed by atoms with Crippen LogP contribution in [0.2, 0.25) is 5.02 Å². The van der Waals surface area contributed by atoms with Gasteiger partial charge < -0.3 is 5.32 Å². The third-order valence-corrected chi connectivity index (χ3v) is 5.40. The molecule has 2 aliphatic rings. The second-order valence-electron chi connectivity index (χ2n) is 6.95. The van der Waals surface area contributed by atoms with Crippen molar-refractivity contribution in [1.29, 1.82) is 0 Å². The number of halogens is 4. The van der Waals surface area contributed by atoms with Crippen LogP contribution in [-0.4, -0.2) is 46.2 Å². The number of anilines is 1. The number of hydrogen-bond acceptors (Lipinski definition) is 5. The van der Waals surface area contributed by atoms with Gasteiger partial charge in [-0.2, -0.15) is 0 Å². The minimum Gasteiger partial charge on any atom is -0.365 e. The van der Waals surface area contributed by atoms with Crippen molar-refractivity contribution in [2.24, 2.45) is 0 Å². The number of pyridine rings is 1. The summed E-state index contributed by atoms with van der Waals surface area (Å²) in [7, 11) is 0. The minimum absolute atomic E-state index is 0. The third kappa shape index (κ3) is 6.46. The number of hydrogen-bond donors (Lipinski definition) is 3. The Hall–Kier alpha value is -1.12. The Morgan fingerprint density at radius 3 is 2.64 bits per heavy atom. The summed E-state index contributed by atoms with van der Waals surface area (Å²) in [5, 5.41) is 12.2. The predicted molar refractivity (Wildman–Crippen MR) is 113 cm³/mol. The van der Waals surface area contributed by atoms with E-state index < -0.39 is 11.7 Å². The molecule has 3 N–H and O–H groups in total. The number of aromatic nitrogens is 1. The fraction of sp³-hybridized carbons (Fsp3) is 0.556. The Morgan fingerprint density at radius 1 is 1.29 bits per heavy atom. The Balaban J connectivity index is 0.00000196. The van der Waals surface area contributed by atoms with Gasteiger partial charge in [0, 0.05) is 24.8 Å². The van der Waals surface area contributed by atoms with E-state index in [4.69, 9.17) is 16.8 Å².